The van der Waals surface area contributed by atoms with Crippen molar-refractivity contribution >= 4 is 35.3 Å². The molecule has 0 amide bonds. The van der Waals surface area contributed by atoms with Crippen molar-refractivity contribution in [3.05, 3.63) is 87.2 Å². The van der Waals surface area contributed by atoms with Gasteiger partial charge in [0.2, 0.25) is 0 Å². The molecule has 1 aliphatic heterocycles. The van der Waals surface area contributed by atoms with Crippen LogP contribution in [0, 0.1) is 0 Å². The van der Waals surface area contributed by atoms with Crippen molar-refractivity contribution in [2.45, 2.75) is 30.8 Å². The lowest BCUT2D eigenvalue weighted by molar-refractivity contribution is -0.141. The van der Waals surface area contributed by atoms with Crippen molar-refractivity contribution in [1.29, 1.82) is 0 Å². The molecular formula is C25H23ClF3NO4S. The number of nitrogens with one attached hydrogen (secondary N) is 1. The van der Waals surface area contributed by atoms with Gasteiger partial charge in [-0.25, -0.2) is 9.59 Å². The van der Waals surface area contributed by atoms with Crippen molar-refractivity contribution in [2.75, 3.05) is 19.5 Å². The third kappa shape index (κ3) is 5.85. The number of dihydropyridines is 1. The molecule has 1 unspecified atom stereocenters. The van der Waals surface area contributed by atoms with Gasteiger partial charge in [-0.2, -0.15) is 13.2 Å². The molecule has 0 spiro atoms. The number of carbonyl (C=O) groups excluding carboxylic acids is 2. The molecule has 0 bridgehead atoms. The molecule has 35 heavy (non-hydrogen) atoms. The first-order chi connectivity index (χ1) is 16.6. The molecular weight excluding hydrogens is 503 g/mol. The van der Waals surface area contributed by atoms with Crippen LogP contribution < -0.4 is 5.32 Å². The van der Waals surface area contributed by atoms with Gasteiger partial charge in [0.25, 0.3) is 0 Å². The first kappa shape index (κ1) is 26.7. The summed E-state index contributed by atoms with van der Waals surface area (Å²) in [4.78, 5) is 26.7. The Bertz CT molecular complexity index is 1190. The predicted molar refractivity (Wildman–Crippen MR) is 128 cm³/mol. The normalized spacial score (nSPS) is 16.1. The quantitative estimate of drug-likeness (QED) is 0.348. The number of allylic oxidation sites excluding steroid dienone is 1. The second kappa shape index (κ2) is 11.2. The maximum atomic E-state index is 14.0. The second-order valence-corrected chi connectivity index (χ2v) is 8.93. The van der Waals surface area contributed by atoms with Gasteiger partial charge in [0, 0.05) is 22.0 Å². The molecule has 10 heteroatoms. The fraction of sp³-hybridized carbons (Fsp3) is 0.280. The van der Waals surface area contributed by atoms with Crippen LogP contribution in [0.4, 0.5) is 13.2 Å². The number of halogens is 4. The highest BCUT2D eigenvalue weighted by Crippen LogP contribution is 2.45. The Morgan fingerprint density at radius 3 is 2.34 bits per heavy atom. The number of hydrogen-bond donors (Lipinski definition) is 1. The first-order valence-corrected chi connectivity index (χ1v) is 12.0. The van der Waals surface area contributed by atoms with Gasteiger partial charge in [-0.3, -0.25) is 0 Å². The van der Waals surface area contributed by atoms with Gasteiger partial charge in [-0.15, -0.1) is 11.8 Å². The maximum Gasteiger partial charge on any atom is 0.416 e. The van der Waals surface area contributed by atoms with E-state index in [2.05, 4.69) is 5.32 Å². The maximum absolute atomic E-state index is 14.0. The largest absolute Gasteiger partial charge is 0.466 e. The standard InChI is InChI=1S/C25H23ClF3NO4S/c1-4-34-24(32)22-18(13-35-19-12-8-7-11-17(19)26)30-14(2)20(23(31)33-3)21(22)15-9-5-6-10-16(15)25(27,28)29/h5-12,21,30H,4,13H2,1-3H3. The molecule has 1 N–H and O–H groups in total. The third-order valence-electron chi connectivity index (χ3n) is 5.33. The zero-order valence-electron chi connectivity index (χ0n) is 19.2. The van der Waals surface area contributed by atoms with Gasteiger partial charge >= 0.3 is 18.1 Å². The van der Waals surface area contributed by atoms with E-state index in [0.29, 0.717) is 10.7 Å². The fourth-order valence-electron chi connectivity index (χ4n) is 3.87. The molecule has 0 radical (unpaired) electrons. The van der Waals surface area contributed by atoms with Crippen LogP contribution in [0.3, 0.4) is 0 Å². The number of carbonyl (C=O) groups is 2. The van der Waals surface area contributed by atoms with E-state index in [1.807, 2.05) is 0 Å². The summed E-state index contributed by atoms with van der Waals surface area (Å²) < 4.78 is 52.1. The molecule has 1 aliphatic rings. The zero-order chi connectivity index (χ0) is 25.8. The number of methoxy groups -OCH3 is 1. The van der Waals surface area contributed by atoms with Gasteiger partial charge < -0.3 is 14.8 Å². The molecule has 5 nitrogen and oxygen atoms in total. The highest BCUT2D eigenvalue weighted by Gasteiger charge is 2.43. The summed E-state index contributed by atoms with van der Waals surface area (Å²) in [7, 11) is 1.13. The van der Waals surface area contributed by atoms with Crippen LogP contribution in [-0.4, -0.2) is 31.4 Å². The highest BCUT2D eigenvalue weighted by molar-refractivity contribution is 7.99. The molecule has 0 fully saturated rings. The average Bonchev–Trinajstić information content (AvgIpc) is 2.82. The molecule has 1 heterocycles. The molecule has 0 aromatic heterocycles. The minimum absolute atomic E-state index is 0.00282. The summed E-state index contributed by atoms with van der Waals surface area (Å²) in [5.74, 6) is -2.88. The Morgan fingerprint density at radius 2 is 1.71 bits per heavy atom. The molecule has 186 valence electrons. The zero-order valence-corrected chi connectivity index (χ0v) is 20.7. The number of benzene rings is 2. The lowest BCUT2D eigenvalue weighted by Crippen LogP contribution is -2.34. The Morgan fingerprint density at radius 1 is 1.06 bits per heavy atom. The number of hydrogen-bond acceptors (Lipinski definition) is 6. The van der Waals surface area contributed by atoms with Crippen molar-refractivity contribution in [2.24, 2.45) is 0 Å². The van der Waals surface area contributed by atoms with Crippen LogP contribution in [0.5, 0.6) is 0 Å². The molecule has 0 saturated heterocycles. The Balaban J connectivity index is 2.24. The van der Waals surface area contributed by atoms with Crippen LogP contribution in [0.15, 0.2) is 76.0 Å². The first-order valence-electron chi connectivity index (χ1n) is 10.6. The van der Waals surface area contributed by atoms with Crippen LogP contribution in [0.2, 0.25) is 5.02 Å². The minimum atomic E-state index is -4.72. The molecule has 0 saturated carbocycles. The van der Waals surface area contributed by atoms with E-state index < -0.39 is 29.6 Å². The van der Waals surface area contributed by atoms with E-state index in [1.165, 1.54) is 30.0 Å². The smallest absolute Gasteiger partial charge is 0.416 e. The van der Waals surface area contributed by atoms with E-state index in [1.54, 1.807) is 38.1 Å². The average molecular weight is 526 g/mol. The lowest BCUT2D eigenvalue weighted by Gasteiger charge is -2.32. The second-order valence-electron chi connectivity index (χ2n) is 7.51. The SMILES string of the molecule is CCOC(=O)C1=C(CSc2ccccc2Cl)NC(C)=C(C(=O)OC)C1c1ccccc1C(F)(F)F. The van der Waals surface area contributed by atoms with Crippen molar-refractivity contribution in [1.82, 2.24) is 5.32 Å². The Kier molecular flexibility index (Phi) is 8.56. The number of thioether (sulfide) groups is 1. The summed E-state index contributed by atoms with van der Waals surface area (Å²) in [5.41, 5.74) is -0.791. The van der Waals surface area contributed by atoms with Gasteiger partial charge in [0.1, 0.15) is 0 Å². The summed E-state index contributed by atoms with van der Waals surface area (Å²) in [6.07, 6.45) is -4.72. The summed E-state index contributed by atoms with van der Waals surface area (Å²) in [6, 6.07) is 11.9. The van der Waals surface area contributed by atoms with Crippen LogP contribution >= 0.6 is 23.4 Å². The van der Waals surface area contributed by atoms with Crippen LogP contribution in [0.25, 0.3) is 0 Å². The van der Waals surface area contributed by atoms with Gasteiger partial charge in [-0.1, -0.05) is 41.9 Å². The van der Waals surface area contributed by atoms with Crippen molar-refractivity contribution < 1.29 is 32.2 Å². The van der Waals surface area contributed by atoms with Gasteiger partial charge in [0.05, 0.1) is 41.4 Å². The van der Waals surface area contributed by atoms with Gasteiger partial charge in [-0.05, 0) is 37.6 Å². The predicted octanol–water partition coefficient (Wildman–Crippen LogP) is 6.10. The number of esters is 2. The van der Waals surface area contributed by atoms with E-state index in [4.69, 9.17) is 21.1 Å². The lowest BCUT2D eigenvalue weighted by atomic mass is 9.78. The van der Waals surface area contributed by atoms with Crippen LogP contribution in [-0.2, 0) is 25.2 Å². The van der Waals surface area contributed by atoms with E-state index >= 15 is 0 Å². The molecule has 2 aromatic rings. The van der Waals surface area contributed by atoms with Gasteiger partial charge in [0.15, 0.2) is 0 Å². The number of rotatable bonds is 7. The fourth-order valence-corrected chi connectivity index (χ4v) is 5.08. The number of ether oxygens (including phenoxy) is 2. The summed E-state index contributed by atoms with van der Waals surface area (Å²) in [6.45, 7) is 3.14. The topological polar surface area (TPSA) is 64.6 Å². The third-order valence-corrected chi connectivity index (χ3v) is 6.87. The Hall–Kier alpha value is -2.91. The van der Waals surface area contributed by atoms with Crippen molar-refractivity contribution in [3.63, 3.8) is 0 Å². The number of alkyl halides is 3. The highest BCUT2D eigenvalue weighted by atomic mass is 35.5. The molecule has 2 aromatic carbocycles. The molecule has 1 atom stereocenters. The van der Waals surface area contributed by atoms with Crippen LogP contribution in [0.1, 0.15) is 30.9 Å². The van der Waals surface area contributed by atoms with Crippen molar-refractivity contribution in [3.8, 4) is 0 Å². The van der Waals surface area contributed by atoms with E-state index in [9.17, 15) is 22.8 Å². The minimum Gasteiger partial charge on any atom is -0.466 e. The van der Waals surface area contributed by atoms with E-state index in [0.717, 1.165) is 18.1 Å². The molecule has 0 aliphatic carbocycles. The van der Waals surface area contributed by atoms with E-state index in [-0.39, 0.29) is 34.8 Å². The monoisotopic (exact) mass is 525 g/mol. The summed E-state index contributed by atoms with van der Waals surface area (Å²) in [5, 5.41) is 3.52. The molecule has 3 rings (SSSR count). The summed E-state index contributed by atoms with van der Waals surface area (Å²) >= 11 is 7.55. The Labute approximate surface area is 210 Å².